The van der Waals surface area contributed by atoms with Crippen LogP contribution in [0.15, 0.2) is 0 Å². The van der Waals surface area contributed by atoms with E-state index in [4.69, 9.17) is 0 Å². The second-order valence-corrected chi connectivity index (χ2v) is 0. The average Bonchev–Trinajstić information content (AvgIpc) is 0. The van der Waals surface area contributed by atoms with Gasteiger partial charge in [0.2, 0.25) is 0 Å². The smallest absolute Gasteiger partial charge is 1.00 e. The summed E-state index contributed by atoms with van der Waals surface area (Å²) in [5, 5.41) is 0. The van der Waals surface area contributed by atoms with Gasteiger partial charge in [0.05, 0.1) is 0 Å². The van der Waals surface area contributed by atoms with Crippen molar-refractivity contribution < 1.29 is 82.6 Å². The average molecular weight is 169 g/mol. The molecule has 0 heterocycles. The van der Waals surface area contributed by atoms with Crippen LogP contribution >= 0.6 is 0 Å². The largest absolute Gasteiger partial charge is 2.00 e. The molecule has 3 N–H and O–H groups in total. The summed E-state index contributed by atoms with van der Waals surface area (Å²) < 4.78 is 0. The molecule has 0 radical (unpaired) electrons. The van der Waals surface area contributed by atoms with Gasteiger partial charge in [0.25, 0.3) is 0 Å². The summed E-state index contributed by atoms with van der Waals surface area (Å²) in [6.45, 7) is 0. The van der Waals surface area contributed by atoms with Gasteiger partial charge < -0.3 is 20.3 Å². The van der Waals surface area contributed by atoms with Crippen LogP contribution in [0.25, 0.3) is 0 Å². The predicted octanol–water partition coefficient (Wildman–Crippen LogP) is -11.8. The molecule has 0 atom stereocenters. The van der Waals surface area contributed by atoms with E-state index in [0.29, 0.717) is 0 Å². The van der Waals surface area contributed by atoms with Crippen molar-refractivity contribution in [2.24, 2.45) is 0 Å². The Bertz CT molecular complexity index is 10.8. The Balaban J connectivity index is 0. The molecular formula is H3F3FeKN. The Hall–Kier alpha value is 1.91. The van der Waals surface area contributed by atoms with E-state index < -0.39 is 0 Å². The summed E-state index contributed by atoms with van der Waals surface area (Å²) in [4.78, 5) is 0. The molecule has 0 aliphatic rings. The van der Waals surface area contributed by atoms with Crippen LogP contribution in [0.3, 0.4) is 0 Å². The maximum absolute atomic E-state index is 0. The fraction of sp³-hybridized carbons (Fsp3) is 0. The normalized spacial score (nSPS) is 0. The Kier molecular flexibility index (Phi) is 1150. The zero-order valence-electron chi connectivity index (χ0n) is 3.19. The van der Waals surface area contributed by atoms with E-state index in [2.05, 4.69) is 0 Å². The Morgan fingerprint density at radius 1 is 0.667 bits per heavy atom. The molecule has 38 valence electrons. The van der Waals surface area contributed by atoms with Gasteiger partial charge in [-0.25, -0.2) is 0 Å². The molecule has 0 saturated heterocycles. The number of hydrogen-bond acceptors (Lipinski definition) is 1. The number of hydrogen-bond donors (Lipinski definition) is 1. The maximum Gasteiger partial charge on any atom is 2.00 e. The fourth-order valence-electron chi connectivity index (χ4n) is 0. The van der Waals surface area contributed by atoms with Crippen molar-refractivity contribution >= 4 is 0 Å². The zero-order valence-corrected chi connectivity index (χ0v) is 7.42. The number of halogens is 3. The monoisotopic (exact) mass is 169 g/mol. The van der Waals surface area contributed by atoms with Gasteiger partial charge in [-0.15, -0.1) is 0 Å². The van der Waals surface area contributed by atoms with Crippen LogP contribution in [0.2, 0.25) is 0 Å². The summed E-state index contributed by atoms with van der Waals surface area (Å²) in [6, 6.07) is 0. The van der Waals surface area contributed by atoms with Crippen molar-refractivity contribution in [2.45, 2.75) is 0 Å². The second-order valence-electron chi connectivity index (χ2n) is 0. The van der Waals surface area contributed by atoms with E-state index in [0.717, 1.165) is 0 Å². The Morgan fingerprint density at radius 2 is 0.667 bits per heavy atom. The van der Waals surface area contributed by atoms with Crippen molar-refractivity contribution in [3.63, 3.8) is 0 Å². The van der Waals surface area contributed by atoms with Crippen LogP contribution in [0, 0.1) is 0 Å². The summed E-state index contributed by atoms with van der Waals surface area (Å²) in [5.74, 6) is 0. The van der Waals surface area contributed by atoms with Crippen molar-refractivity contribution in [1.29, 1.82) is 0 Å². The molecule has 6 heteroatoms. The molecule has 0 aliphatic heterocycles. The molecule has 0 saturated carbocycles. The Morgan fingerprint density at radius 3 is 0.667 bits per heavy atom. The zero-order chi connectivity index (χ0) is 0. The number of rotatable bonds is 0. The van der Waals surface area contributed by atoms with E-state index >= 15 is 0 Å². The van der Waals surface area contributed by atoms with Crippen molar-refractivity contribution in [3.8, 4) is 0 Å². The molecule has 0 aromatic carbocycles. The summed E-state index contributed by atoms with van der Waals surface area (Å²) in [6.07, 6.45) is 0. The molecule has 1 nitrogen and oxygen atoms in total. The first-order valence-corrected chi connectivity index (χ1v) is 0. The van der Waals surface area contributed by atoms with Crippen LogP contribution in [0.4, 0.5) is 0 Å². The molecule has 0 spiro atoms. The molecule has 0 fully saturated rings. The van der Waals surface area contributed by atoms with Gasteiger partial charge in [0, 0.05) is 0 Å². The van der Waals surface area contributed by atoms with Gasteiger partial charge in [0.1, 0.15) is 0 Å². The van der Waals surface area contributed by atoms with Gasteiger partial charge in [-0.1, -0.05) is 0 Å². The fourth-order valence-corrected chi connectivity index (χ4v) is 0. The standard InChI is InChI=1S/3FH.Fe.K.H3N/h3*1H;;;1H3/q;;;+2;+1;/p-3. The van der Waals surface area contributed by atoms with E-state index in [1.165, 1.54) is 0 Å². The van der Waals surface area contributed by atoms with Gasteiger partial charge >= 0.3 is 68.5 Å². The summed E-state index contributed by atoms with van der Waals surface area (Å²) in [7, 11) is 0. The third-order valence-corrected chi connectivity index (χ3v) is 0. The van der Waals surface area contributed by atoms with Gasteiger partial charge in [0.15, 0.2) is 0 Å². The minimum Gasteiger partial charge on any atom is -1.00 e. The van der Waals surface area contributed by atoms with Crippen LogP contribution in [-0.4, -0.2) is 0 Å². The molecule has 0 rings (SSSR count). The first-order chi connectivity index (χ1) is 0. The van der Waals surface area contributed by atoms with Crippen LogP contribution < -0.4 is 71.6 Å². The molecular weight excluding hydrogens is 166 g/mol. The molecule has 0 aromatic rings. The second kappa shape index (κ2) is 66.3. The van der Waals surface area contributed by atoms with E-state index in [1.807, 2.05) is 0 Å². The quantitative estimate of drug-likeness (QED) is 0.359. The summed E-state index contributed by atoms with van der Waals surface area (Å²) >= 11 is 0. The third-order valence-electron chi connectivity index (χ3n) is 0. The first-order valence-electron chi connectivity index (χ1n) is 0. The van der Waals surface area contributed by atoms with E-state index in [-0.39, 0.29) is 88.7 Å². The minimum atomic E-state index is 0. The van der Waals surface area contributed by atoms with Crippen LogP contribution in [0.1, 0.15) is 0 Å². The van der Waals surface area contributed by atoms with Crippen molar-refractivity contribution in [2.75, 3.05) is 0 Å². The van der Waals surface area contributed by atoms with Gasteiger partial charge in [-0.3, -0.25) is 0 Å². The van der Waals surface area contributed by atoms with E-state index in [1.54, 1.807) is 0 Å². The van der Waals surface area contributed by atoms with E-state index in [9.17, 15) is 0 Å². The van der Waals surface area contributed by atoms with Crippen LogP contribution in [-0.2, 0) is 17.1 Å². The third kappa shape index (κ3) is 39.1. The minimum absolute atomic E-state index is 0. The topological polar surface area (TPSA) is 35.0 Å². The maximum atomic E-state index is 0. The van der Waals surface area contributed by atoms with Gasteiger partial charge in [-0.2, -0.15) is 0 Å². The van der Waals surface area contributed by atoms with Crippen LogP contribution in [0.5, 0.6) is 0 Å². The molecule has 0 unspecified atom stereocenters. The molecule has 0 aromatic heterocycles. The molecule has 0 amide bonds. The summed E-state index contributed by atoms with van der Waals surface area (Å²) in [5.41, 5.74) is 0. The SMILES string of the molecule is N.[F-].[F-].[F-].[Fe+2].[K+]. The molecule has 0 aliphatic carbocycles. The van der Waals surface area contributed by atoms with Crippen molar-refractivity contribution in [1.82, 2.24) is 6.15 Å². The Labute approximate surface area is 87.2 Å². The van der Waals surface area contributed by atoms with Crippen molar-refractivity contribution in [3.05, 3.63) is 0 Å². The molecule has 0 bridgehead atoms. The predicted molar refractivity (Wildman–Crippen MR) is 5.02 cm³/mol. The first kappa shape index (κ1) is 104. The van der Waals surface area contributed by atoms with Gasteiger partial charge in [-0.05, 0) is 0 Å². The molecule has 6 heavy (non-hydrogen) atoms.